The summed E-state index contributed by atoms with van der Waals surface area (Å²) in [6, 6.07) is 1.60. The van der Waals surface area contributed by atoms with Crippen LogP contribution in [0, 0.1) is 13.8 Å². The van der Waals surface area contributed by atoms with Crippen LogP contribution in [0.1, 0.15) is 37.2 Å². The van der Waals surface area contributed by atoms with Crippen molar-refractivity contribution in [1.82, 2.24) is 15.1 Å². The Morgan fingerprint density at radius 1 is 1.55 bits per heavy atom. The van der Waals surface area contributed by atoms with Crippen molar-refractivity contribution in [2.45, 2.75) is 45.3 Å². The van der Waals surface area contributed by atoms with Gasteiger partial charge in [0, 0.05) is 12.2 Å². The third kappa shape index (κ3) is 3.55. The Hall–Kier alpha value is -1.01. The molecule has 0 radical (unpaired) electrons. The van der Waals surface area contributed by atoms with Crippen molar-refractivity contribution in [2.24, 2.45) is 0 Å². The quantitative estimate of drug-likeness (QED) is 0.882. The fourth-order valence-electron chi connectivity index (χ4n) is 2.48. The van der Waals surface area contributed by atoms with Crippen LogP contribution in [0.4, 0.5) is 0 Å². The number of thioether (sulfide) groups is 1. The van der Waals surface area contributed by atoms with E-state index in [0.717, 1.165) is 35.7 Å². The van der Waals surface area contributed by atoms with Crippen molar-refractivity contribution in [3.8, 4) is 0 Å². The first-order valence-electron chi connectivity index (χ1n) is 7.02. The predicted molar refractivity (Wildman–Crippen MR) is 80.9 cm³/mol. The number of rotatable bonds is 4. The topological polar surface area (TPSA) is 67.2 Å². The normalized spacial score (nSPS) is 19.6. The molecule has 1 aromatic rings. The molecule has 1 unspecified atom stereocenters. The number of hydrogen-bond acceptors (Lipinski definition) is 4. The minimum Gasteiger partial charge on any atom is -0.388 e. The van der Waals surface area contributed by atoms with E-state index in [0.29, 0.717) is 6.54 Å². The molecule has 1 fully saturated rings. The SMILES string of the molecule is Cc1cc(C)n(C(C)C(=O)NCC2(O)CCSCC2)n1. The summed E-state index contributed by atoms with van der Waals surface area (Å²) in [4.78, 5) is 12.2. The molecule has 1 amide bonds. The number of carbonyl (C=O) groups is 1. The van der Waals surface area contributed by atoms with E-state index in [2.05, 4.69) is 10.4 Å². The highest BCUT2D eigenvalue weighted by atomic mass is 32.2. The molecule has 0 aromatic carbocycles. The second kappa shape index (κ2) is 6.18. The molecule has 1 aromatic heterocycles. The molecule has 1 atom stereocenters. The van der Waals surface area contributed by atoms with Crippen LogP contribution in [0.5, 0.6) is 0 Å². The Kier molecular flexibility index (Phi) is 4.75. The van der Waals surface area contributed by atoms with E-state index in [9.17, 15) is 9.90 Å². The maximum atomic E-state index is 12.2. The highest BCUT2D eigenvalue weighted by Crippen LogP contribution is 2.26. The number of aryl methyl sites for hydroxylation is 2. The van der Waals surface area contributed by atoms with Crippen LogP contribution >= 0.6 is 11.8 Å². The zero-order chi connectivity index (χ0) is 14.8. The number of aromatic nitrogens is 2. The van der Waals surface area contributed by atoms with Crippen LogP contribution in [-0.2, 0) is 4.79 Å². The lowest BCUT2D eigenvalue weighted by molar-refractivity contribution is -0.125. The van der Waals surface area contributed by atoms with Gasteiger partial charge in [0.05, 0.1) is 11.3 Å². The summed E-state index contributed by atoms with van der Waals surface area (Å²) in [5, 5.41) is 17.6. The molecule has 2 heterocycles. The summed E-state index contributed by atoms with van der Waals surface area (Å²) in [6.45, 7) is 6.01. The molecule has 1 saturated heterocycles. The Bertz CT molecular complexity index is 481. The third-order valence-electron chi connectivity index (χ3n) is 3.81. The summed E-state index contributed by atoms with van der Waals surface area (Å²) in [7, 11) is 0. The van der Waals surface area contributed by atoms with Gasteiger partial charge in [-0.2, -0.15) is 16.9 Å². The molecule has 2 N–H and O–H groups in total. The number of aliphatic hydroxyl groups is 1. The van der Waals surface area contributed by atoms with Gasteiger partial charge in [-0.3, -0.25) is 9.48 Å². The van der Waals surface area contributed by atoms with Crippen LogP contribution in [0.3, 0.4) is 0 Å². The van der Waals surface area contributed by atoms with Crippen molar-refractivity contribution >= 4 is 17.7 Å². The van der Waals surface area contributed by atoms with Gasteiger partial charge in [0.1, 0.15) is 6.04 Å². The van der Waals surface area contributed by atoms with E-state index in [1.54, 1.807) is 4.68 Å². The largest absolute Gasteiger partial charge is 0.388 e. The Labute approximate surface area is 124 Å². The van der Waals surface area contributed by atoms with Crippen LogP contribution in [0.2, 0.25) is 0 Å². The van der Waals surface area contributed by atoms with Crippen LogP contribution in [0.25, 0.3) is 0 Å². The van der Waals surface area contributed by atoms with Gasteiger partial charge < -0.3 is 10.4 Å². The first-order chi connectivity index (χ1) is 9.41. The number of nitrogens with one attached hydrogen (secondary N) is 1. The zero-order valence-electron chi connectivity index (χ0n) is 12.3. The fourth-order valence-corrected chi connectivity index (χ4v) is 3.73. The summed E-state index contributed by atoms with van der Waals surface area (Å²) >= 11 is 1.85. The van der Waals surface area contributed by atoms with Crippen molar-refractivity contribution < 1.29 is 9.90 Å². The van der Waals surface area contributed by atoms with E-state index < -0.39 is 5.60 Å². The van der Waals surface area contributed by atoms with Crippen molar-refractivity contribution in [3.63, 3.8) is 0 Å². The van der Waals surface area contributed by atoms with Crippen LogP contribution < -0.4 is 5.32 Å². The molecule has 0 aliphatic carbocycles. The van der Waals surface area contributed by atoms with E-state index in [4.69, 9.17) is 0 Å². The molecule has 112 valence electrons. The van der Waals surface area contributed by atoms with Gasteiger partial charge in [0.15, 0.2) is 0 Å². The molecule has 6 heteroatoms. The molecule has 0 saturated carbocycles. The second-order valence-corrected chi connectivity index (χ2v) is 6.83. The Balaban J connectivity index is 1.93. The Morgan fingerprint density at radius 2 is 2.20 bits per heavy atom. The summed E-state index contributed by atoms with van der Waals surface area (Å²) < 4.78 is 1.73. The number of nitrogens with zero attached hydrogens (tertiary/aromatic N) is 2. The van der Waals surface area contributed by atoms with Crippen LogP contribution in [-0.4, -0.2) is 44.4 Å². The first-order valence-corrected chi connectivity index (χ1v) is 8.17. The Morgan fingerprint density at radius 3 is 2.75 bits per heavy atom. The highest BCUT2D eigenvalue weighted by molar-refractivity contribution is 7.99. The predicted octanol–water partition coefficient (Wildman–Crippen LogP) is 1.44. The average Bonchev–Trinajstić information content (AvgIpc) is 2.75. The van der Waals surface area contributed by atoms with Crippen molar-refractivity contribution in [2.75, 3.05) is 18.1 Å². The average molecular weight is 297 g/mol. The van der Waals surface area contributed by atoms with E-state index >= 15 is 0 Å². The van der Waals surface area contributed by atoms with Crippen molar-refractivity contribution in [3.05, 3.63) is 17.5 Å². The summed E-state index contributed by atoms with van der Waals surface area (Å²) in [6.07, 6.45) is 1.48. The lowest BCUT2D eigenvalue weighted by Crippen LogP contribution is -2.46. The second-order valence-electron chi connectivity index (χ2n) is 5.60. The zero-order valence-corrected chi connectivity index (χ0v) is 13.2. The smallest absolute Gasteiger partial charge is 0.244 e. The van der Waals surface area contributed by atoms with Crippen molar-refractivity contribution in [1.29, 1.82) is 0 Å². The number of hydrogen-bond donors (Lipinski definition) is 2. The maximum Gasteiger partial charge on any atom is 0.244 e. The van der Waals surface area contributed by atoms with Crippen LogP contribution in [0.15, 0.2) is 6.07 Å². The monoisotopic (exact) mass is 297 g/mol. The van der Waals surface area contributed by atoms with Gasteiger partial charge in [-0.05, 0) is 51.2 Å². The summed E-state index contributed by atoms with van der Waals surface area (Å²) in [5.74, 6) is 1.82. The van der Waals surface area contributed by atoms with Gasteiger partial charge >= 0.3 is 0 Å². The number of carbonyl (C=O) groups excluding carboxylic acids is 1. The molecular formula is C14H23N3O2S. The first kappa shape index (κ1) is 15.4. The van der Waals surface area contributed by atoms with Gasteiger partial charge in [-0.25, -0.2) is 0 Å². The van der Waals surface area contributed by atoms with Gasteiger partial charge in [0.2, 0.25) is 5.91 Å². The number of amides is 1. The van der Waals surface area contributed by atoms with Gasteiger partial charge in [-0.1, -0.05) is 0 Å². The molecule has 1 aliphatic heterocycles. The van der Waals surface area contributed by atoms with Gasteiger partial charge in [0.25, 0.3) is 0 Å². The summed E-state index contributed by atoms with van der Waals surface area (Å²) in [5.41, 5.74) is 1.14. The molecule has 2 rings (SSSR count). The molecule has 0 bridgehead atoms. The molecule has 0 spiro atoms. The lowest BCUT2D eigenvalue weighted by Gasteiger charge is -2.32. The van der Waals surface area contributed by atoms with E-state index in [1.165, 1.54) is 0 Å². The lowest BCUT2D eigenvalue weighted by atomic mass is 9.97. The minimum absolute atomic E-state index is 0.0946. The highest BCUT2D eigenvalue weighted by Gasteiger charge is 2.30. The standard InChI is InChI=1S/C14H23N3O2S/c1-10-8-11(2)17(16-10)12(3)13(18)15-9-14(19)4-6-20-7-5-14/h8,12,19H,4-7,9H2,1-3H3,(H,15,18). The molecular weight excluding hydrogens is 274 g/mol. The molecule has 1 aliphatic rings. The van der Waals surface area contributed by atoms with E-state index in [-0.39, 0.29) is 11.9 Å². The molecule has 20 heavy (non-hydrogen) atoms. The van der Waals surface area contributed by atoms with Gasteiger partial charge in [-0.15, -0.1) is 0 Å². The molecule has 5 nitrogen and oxygen atoms in total. The van der Waals surface area contributed by atoms with E-state index in [1.807, 2.05) is 38.6 Å². The minimum atomic E-state index is -0.740. The maximum absolute atomic E-state index is 12.2. The third-order valence-corrected chi connectivity index (χ3v) is 4.79. The fraction of sp³-hybridized carbons (Fsp3) is 0.714.